The van der Waals surface area contributed by atoms with Gasteiger partial charge in [-0.3, -0.25) is 14.4 Å². The Morgan fingerprint density at radius 1 is 0.344 bits per heavy atom. The predicted octanol–water partition coefficient (Wildman–Crippen LogP) is 17.1. The Bertz CT molecular complexity index is 1070. The van der Waals surface area contributed by atoms with Crippen LogP contribution in [0.25, 0.3) is 0 Å². The van der Waals surface area contributed by atoms with Crippen LogP contribution < -0.4 is 0 Å². The molecule has 0 fully saturated rings. The van der Waals surface area contributed by atoms with Crippen LogP contribution in [0.3, 0.4) is 0 Å². The molecule has 0 saturated carbocycles. The summed E-state index contributed by atoms with van der Waals surface area (Å²) in [6.07, 6.45) is 60.2. The topological polar surface area (TPSA) is 78.9 Å². The van der Waals surface area contributed by atoms with E-state index in [-0.39, 0.29) is 37.5 Å². The molecule has 1 atom stereocenters. The summed E-state index contributed by atoms with van der Waals surface area (Å²) in [5.74, 6) is -0.985. The van der Waals surface area contributed by atoms with Crippen molar-refractivity contribution in [2.24, 2.45) is 0 Å². The van der Waals surface area contributed by atoms with Crippen LogP contribution in [0, 0.1) is 0 Å². The molecule has 354 valence electrons. The van der Waals surface area contributed by atoms with Crippen LogP contribution >= 0.6 is 0 Å². The fourth-order valence-electron chi connectivity index (χ4n) is 7.46. The number of hydrogen-bond acceptors (Lipinski definition) is 6. The van der Waals surface area contributed by atoms with Crippen molar-refractivity contribution in [1.29, 1.82) is 0 Å². The number of carbonyl (C=O) groups excluding carboxylic acids is 3. The van der Waals surface area contributed by atoms with Gasteiger partial charge in [-0.15, -0.1) is 0 Å². The molecule has 0 heterocycles. The minimum absolute atomic E-state index is 0.0990. The molecule has 0 N–H and O–H groups in total. The summed E-state index contributed by atoms with van der Waals surface area (Å²) >= 11 is 0. The molecule has 0 spiro atoms. The molecule has 0 rings (SSSR count). The van der Waals surface area contributed by atoms with E-state index in [1.165, 1.54) is 154 Å². The maximum absolute atomic E-state index is 12.7. The first-order valence-electron chi connectivity index (χ1n) is 26.1. The molecule has 0 aliphatic rings. The zero-order chi connectivity index (χ0) is 44.4. The van der Waals surface area contributed by atoms with Crippen molar-refractivity contribution in [1.82, 2.24) is 0 Å². The summed E-state index contributed by atoms with van der Waals surface area (Å²) < 4.78 is 16.6. The minimum Gasteiger partial charge on any atom is -0.462 e. The molecular formula is C55H98O6. The van der Waals surface area contributed by atoms with E-state index in [1.807, 2.05) is 12.2 Å². The van der Waals surface area contributed by atoms with Gasteiger partial charge < -0.3 is 14.2 Å². The van der Waals surface area contributed by atoms with Gasteiger partial charge in [-0.25, -0.2) is 0 Å². The average molecular weight is 855 g/mol. The van der Waals surface area contributed by atoms with Crippen molar-refractivity contribution in [2.75, 3.05) is 13.2 Å². The van der Waals surface area contributed by atoms with Gasteiger partial charge in [0.05, 0.1) is 0 Å². The van der Waals surface area contributed by atoms with Gasteiger partial charge in [0.2, 0.25) is 0 Å². The lowest BCUT2D eigenvalue weighted by Gasteiger charge is -2.18. The van der Waals surface area contributed by atoms with E-state index in [2.05, 4.69) is 57.2 Å². The summed E-state index contributed by atoms with van der Waals surface area (Å²) in [6, 6.07) is 0. The summed E-state index contributed by atoms with van der Waals surface area (Å²) in [5.41, 5.74) is 0. The highest BCUT2D eigenvalue weighted by atomic mass is 16.6. The van der Waals surface area contributed by atoms with Gasteiger partial charge in [-0.1, -0.05) is 249 Å². The van der Waals surface area contributed by atoms with Crippen LogP contribution in [-0.4, -0.2) is 37.2 Å². The lowest BCUT2D eigenvalue weighted by molar-refractivity contribution is -0.166. The molecule has 0 aromatic rings. The van der Waals surface area contributed by atoms with Crippen molar-refractivity contribution >= 4 is 17.9 Å². The average Bonchev–Trinajstić information content (AvgIpc) is 3.26. The van der Waals surface area contributed by atoms with Crippen LogP contribution in [0.1, 0.15) is 265 Å². The van der Waals surface area contributed by atoms with Crippen LogP contribution in [-0.2, 0) is 28.6 Å². The Hall–Kier alpha value is -2.63. The van der Waals surface area contributed by atoms with Crippen molar-refractivity contribution in [3.63, 3.8) is 0 Å². The van der Waals surface area contributed by atoms with E-state index in [4.69, 9.17) is 14.2 Å². The Labute approximate surface area is 378 Å². The number of hydrogen-bond donors (Lipinski definition) is 0. The lowest BCUT2D eigenvalue weighted by atomic mass is 10.0. The second-order valence-electron chi connectivity index (χ2n) is 17.4. The number of allylic oxidation sites excluding steroid dienone is 8. The standard InChI is InChI=1S/C55H98O6/c1-4-7-10-13-16-18-20-22-23-24-25-26-27-28-29-30-31-32-34-35-37-39-42-45-48-54(57)60-51-52(50-59-53(56)47-44-41-15-12-9-6-3)61-55(58)49-46-43-40-38-36-33-21-19-17-14-11-8-5-2/h8,11,17,19,33,36,40,43,52H,4-7,9-10,12-16,18,20-32,34-35,37-39,41-42,44-51H2,1-3H3/b11-8-,19-17-,36-33-,43-40-. The molecular weight excluding hydrogens is 757 g/mol. The first-order chi connectivity index (χ1) is 30.0. The second-order valence-corrected chi connectivity index (χ2v) is 17.4. The van der Waals surface area contributed by atoms with Gasteiger partial charge in [0.1, 0.15) is 13.2 Å². The maximum Gasteiger partial charge on any atom is 0.306 e. The highest BCUT2D eigenvalue weighted by Gasteiger charge is 2.19. The van der Waals surface area contributed by atoms with Crippen molar-refractivity contribution < 1.29 is 28.6 Å². The largest absolute Gasteiger partial charge is 0.462 e. The van der Waals surface area contributed by atoms with E-state index in [1.54, 1.807) is 0 Å². The third-order valence-electron chi connectivity index (χ3n) is 11.4. The molecule has 0 bridgehead atoms. The Balaban J connectivity index is 4.12. The zero-order valence-electron chi connectivity index (χ0n) is 40.4. The van der Waals surface area contributed by atoms with Crippen molar-refractivity contribution in [3.05, 3.63) is 48.6 Å². The molecule has 0 aliphatic heterocycles. The van der Waals surface area contributed by atoms with Gasteiger partial charge in [0.25, 0.3) is 0 Å². The summed E-state index contributed by atoms with van der Waals surface area (Å²) in [7, 11) is 0. The quantitative estimate of drug-likeness (QED) is 0.0263. The monoisotopic (exact) mass is 855 g/mol. The molecule has 6 heteroatoms. The third kappa shape index (κ3) is 48.3. The fourth-order valence-corrected chi connectivity index (χ4v) is 7.46. The van der Waals surface area contributed by atoms with Gasteiger partial charge in [-0.2, -0.15) is 0 Å². The summed E-state index contributed by atoms with van der Waals surface area (Å²) in [6.45, 7) is 6.42. The highest BCUT2D eigenvalue weighted by Crippen LogP contribution is 2.16. The molecule has 1 unspecified atom stereocenters. The first kappa shape index (κ1) is 58.4. The van der Waals surface area contributed by atoms with Gasteiger partial charge in [0.15, 0.2) is 6.10 Å². The molecule has 0 aliphatic carbocycles. The van der Waals surface area contributed by atoms with E-state index in [9.17, 15) is 14.4 Å². The molecule has 0 aromatic carbocycles. The molecule has 0 radical (unpaired) electrons. The molecule has 0 amide bonds. The van der Waals surface area contributed by atoms with Crippen molar-refractivity contribution in [3.8, 4) is 0 Å². The van der Waals surface area contributed by atoms with Crippen LogP contribution in [0.5, 0.6) is 0 Å². The predicted molar refractivity (Wildman–Crippen MR) is 261 cm³/mol. The summed E-state index contributed by atoms with van der Waals surface area (Å²) in [5, 5.41) is 0. The Morgan fingerprint density at radius 3 is 0.967 bits per heavy atom. The number of carbonyl (C=O) groups is 3. The van der Waals surface area contributed by atoms with E-state index >= 15 is 0 Å². The van der Waals surface area contributed by atoms with E-state index < -0.39 is 6.10 Å². The van der Waals surface area contributed by atoms with Gasteiger partial charge in [-0.05, 0) is 44.9 Å². The van der Waals surface area contributed by atoms with E-state index in [0.717, 1.165) is 64.2 Å². The fraction of sp³-hybridized carbons (Fsp3) is 0.800. The summed E-state index contributed by atoms with van der Waals surface area (Å²) in [4.78, 5) is 37.6. The molecule has 0 saturated heterocycles. The van der Waals surface area contributed by atoms with Crippen molar-refractivity contribution in [2.45, 2.75) is 271 Å². The molecule has 0 aromatic heterocycles. The Kier molecular flexibility index (Phi) is 47.9. The van der Waals surface area contributed by atoms with E-state index in [0.29, 0.717) is 19.3 Å². The minimum atomic E-state index is -0.804. The van der Waals surface area contributed by atoms with Gasteiger partial charge in [0, 0.05) is 19.3 Å². The number of unbranched alkanes of at least 4 members (excludes halogenated alkanes) is 28. The second kappa shape index (κ2) is 50.0. The van der Waals surface area contributed by atoms with Gasteiger partial charge >= 0.3 is 17.9 Å². The number of rotatable bonds is 47. The van der Waals surface area contributed by atoms with Crippen LogP contribution in [0.15, 0.2) is 48.6 Å². The lowest BCUT2D eigenvalue weighted by Crippen LogP contribution is -2.30. The normalized spacial score (nSPS) is 12.4. The number of ether oxygens (including phenoxy) is 3. The number of esters is 3. The Morgan fingerprint density at radius 2 is 0.639 bits per heavy atom. The SMILES string of the molecule is CC/C=C\C/C=C\C/C=C\C/C=C\CCC(=O)OC(COC(=O)CCCCCCCC)COC(=O)CCCCCCCCCCCCCCCCCCCCCCCCCC. The van der Waals surface area contributed by atoms with Crippen LogP contribution in [0.4, 0.5) is 0 Å². The third-order valence-corrected chi connectivity index (χ3v) is 11.4. The molecule has 6 nitrogen and oxygen atoms in total. The highest BCUT2D eigenvalue weighted by molar-refractivity contribution is 5.71. The smallest absolute Gasteiger partial charge is 0.306 e. The zero-order valence-corrected chi connectivity index (χ0v) is 40.4. The van der Waals surface area contributed by atoms with Crippen LogP contribution in [0.2, 0.25) is 0 Å². The molecule has 61 heavy (non-hydrogen) atoms. The maximum atomic E-state index is 12.7. The first-order valence-corrected chi connectivity index (χ1v) is 26.1.